The molecule has 19 heavy (non-hydrogen) atoms. The molecule has 1 saturated heterocycles. The average molecular weight is 301 g/mol. The van der Waals surface area contributed by atoms with Gasteiger partial charge in [-0.15, -0.1) is 0 Å². The van der Waals surface area contributed by atoms with Gasteiger partial charge in [-0.1, -0.05) is 23.2 Å². The van der Waals surface area contributed by atoms with E-state index in [4.69, 9.17) is 23.2 Å². The third-order valence-electron chi connectivity index (χ3n) is 3.69. The molecule has 0 aromatic heterocycles. The van der Waals surface area contributed by atoms with Crippen LogP contribution in [0.2, 0.25) is 10.0 Å². The summed E-state index contributed by atoms with van der Waals surface area (Å²) in [4.78, 5) is 2.50. The van der Waals surface area contributed by atoms with E-state index < -0.39 is 0 Å². The maximum absolute atomic E-state index is 6.07. The fraction of sp³-hybridized carbons (Fsp3) is 0.600. The molecule has 0 bridgehead atoms. The van der Waals surface area contributed by atoms with Gasteiger partial charge in [-0.05, 0) is 63.0 Å². The number of rotatable bonds is 5. The van der Waals surface area contributed by atoms with Crippen LogP contribution in [0.1, 0.15) is 25.8 Å². The van der Waals surface area contributed by atoms with Gasteiger partial charge in [0.1, 0.15) is 0 Å². The van der Waals surface area contributed by atoms with E-state index in [1.807, 2.05) is 12.1 Å². The van der Waals surface area contributed by atoms with Crippen LogP contribution in [0.4, 0.5) is 0 Å². The molecule has 2 nitrogen and oxygen atoms in total. The molecule has 1 heterocycles. The quantitative estimate of drug-likeness (QED) is 0.889. The normalized spacial score (nSPS) is 19.6. The van der Waals surface area contributed by atoms with Crippen molar-refractivity contribution < 1.29 is 0 Å². The second-order valence-corrected chi connectivity index (χ2v) is 6.53. The fourth-order valence-corrected chi connectivity index (χ4v) is 3.17. The molecule has 1 aromatic carbocycles. The van der Waals surface area contributed by atoms with E-state index in [9.17, 15) is 0 Å². The Balaban J connectivity index is 2.02. The Morgan fingerprint density at radius 2 is 1.95 bits per heavy atom. The number of hydrogen-bond donors (Lipinski definition) is 1. The molecule has 2 rings (SSSR count). The molecule has 0 aliphatic carbocycles. The second kappa shape index (κ2) is 6.94. The molecule has 0 amide bonds. The van der Waals surface area contributed by atoms with Crippen molar-refractivity contribution in [1.82, 2.24) is 10.2 Å². The summed E-state index contributed by atoms with van der Waals surface area (Å²) >= 11 is 12.1. The summed E-state index contributed by atoms with van der Waals surface area (Å²) in [6.07, 6.45) is 1.28. The van der Waals surface area contributed by atoms with Crippen molar-refractivity contribution in [3.8, 4) is 0 Å². The van der Waals surface area contributed by atoms with Crippen LogP contribution in [0.5, 0.6) is 0 Å². The van der Waals surface area contributed by atoms with Gasteiger partial charge in [0.2, 0.25) is 0 Å². The van der Waals surface area contributed by atoms with Crippen LogP contribution in [0.25, 0.3) is 0 Å². The Morgan fingerprint density at radius 3 is 2.47 bits per heavy atom. The Morgan fingerprint density at radius 1 is 1.26 bits per heavy atom. The van der Waals surface area contributed by atoms with Crippen LogP contribution >= 0.6 is 23.2 Å². The minimum Gasteiger partial charge on any atom is -0.316 e. The Hall–Kier alpha value is -0.280. The highest BCUT2D eigenvalue weighted by atomic mass is 35.5. The lowest BCUT2D eigenvalue weighted by Crippen LogP contribution is -2.35. The van der Waals surface area contributed by atoms with Gasteiger partial charge in [0, 0.05) is 29.2 Å². The first-order chi connectivity index (χ1) is 9.04. The third-order valence-corrected chi connectivity index (χ3v) is 4.13. The molecule has 106 valence electrons. The van der Waals surface area contributed by atoms with E-state index in [0.717, 1.165) is 32.1 Å². The van der Waals surface area contributed by atoms with Crippen molar-refractivity contribution in [3.05, 3.63) is 33.8 Å². The zero-order valence-corrected chi connectivity index (χ0v) is 13.1. The van der Waals surface area contributed by atoms with Crippen LogP contribution in [-0.4, -0.2) is 30.6 Å². The summed E-state index contributed by atoms with van der Waals surface area (Å²) < 4.78 is 0. The van der Waals surface area contributed by atoms with Crippen molar-refractivity contribution in [3.63, 3.8) is 0 Å². The highest BCUT2D eigenvalue weighted by molar-refractivity contribution is 6.34. The Kier molecular flexibility index (Phi) is 5.52. The first kappa shape index (κ1) is 15.1. The fourth-order valence-electron chi connectivity index (χ4n) is 2.60. The highest BCUT2D eigenvalue weighted by Crippen LogP contribution is 2.22. The van der Waals surface area contributed by atoms with Crippen molar-refractivity contribution in [2.75, 3.05) is 19.6 Å². The largest absolute Gasteiger partial charge is 0.316 e. The van der Waals surface area contributed by atoms with E-state index in [2.05, 4.69) is 24.1 Å². The zero-order valence-electron chi connectivity index (χ0n) is 11.6. The molecular formula is C15H22Cl2N2. The van der Waals surface area contributed by atoms with Crippen molar-refractivity contribution in [2.45, 2.75) is 32.9 Å². The van der Waals surface area contributed by atoms with Crippen LogP contribution < -0.4 is 5.32 Å². The van der Waals surface area contributed by atoms with Crippen molar-refractivity contribution in [2.24, 2.45) is 5.92 Å². The van der Waals surface area contributed by atoms with Crippen LogP contribution in [0, 0.1) is 5.92 Å². The summed E-state index contributed by atoms with van der Waals surface area (Å²) in [5.74, 6) is 0.761. The molecule has 0 spiro atoms. The molecule has 1 aliphatic rings. The van der Waals surface area contributed by atoms with Crippen molar-refractivity contribution in [1.29, 1.82) is 0 Å². The highest BCUT2D eigenvalue weighted by Gasteiger charge is 2.20. The van der Waals surface area contributed by atoms with Gasteiger partial charge >= 0.3 is 0 Å². The van der Waals surface area contributed by atoms with Crippen LogP contribution in [0.15, 0.2) is 18.2 Å². The molecule has 0 radical (unpaired) electrons. The summed E-state index contributed by atoms with van der Waals surface area (Å²) in [6.45, 7) is 8.82. The summed E-state index contributed by atoms with van der Waals surface area (Å²) in [5.41, 5.74) is 1.19. The number of benzene rings is 1. The predicted molar refractivity (Wildman–Crippen MR) is 83.0 cm³/mol. The number of nitrogens with one attached hydrogen (secondary N) is 1. The topological polar surface area (TPSA) is 15.3 Å². The van der Waals surface area contributed by atoms with E-state index in [1.165, 1.54) is 12.0 Å². The van der Waals surface area contributed by atoms with E-state index >= 15 is 0 Å². The Bertz CT molecular complexity index is 394. The zero-order chi connectivity index (χ0) is 13.8. The first-order valence-corrected chi connectivity index (χ1v) is 7.70. The van der Waals surface area contributed by atoms with E-state index in [-0.39, 0.29) is 0 Å². The molecule has 0 saturated carbocycles. The molecule has 1 N–H and O–H groups in total. The second-order valence-electron chi connectivity index (χ2n) is 5.66. The average Bonchev–Trinajstić information content (AvgIpc) is 2.79. The van der Waals surface area contributed by atoms with Gasteiger partial charge in [0.15, 0.2) is 0 Å². The van der Waals surface area contributed by atoms with Gasteiger partial charge in [-0.2, -0.15) is 0 Å². The van der Waals surface area contributed by atoms with Crippen LogP contribution in [0.3, 0.4) is 0 Å². The SMILES string of the molecule is CC(C)N(Cc1cc(Cl)cc(Cl)c1)C[C@@H]1CCNC1. The monoisotopic (exact) mass is 300 g/mol. The summed E-state index contributed by atoms with van der Waals surface area (Å²) in [6, 6.07) is 6.33. The third kappa shape index (κ3) is 4.64. The molecule has 1 fully saturated rings. The minimum absolute atomic E-state index is 0.526. The first-order valence-electron chi connectivity index (χ1n) is 6.94. The van der Waals surface area contributed by atoms with Gasteiger partial charge < -0.3 is 5.32 Å². The van der Waals surface area contributed by atoms with Crippen molar-refractivity contribution >= 4 is 23.2 Å². The maximum Gasteiger partial charge on any atom is 0.0424 e. The summed E-state index contributed by atoms with van der Waals surface area (Å²) in [5, 5.41) is 4.86. The number of halogens is 2. The number of nitrogens with zero attached hydrogens (tertiary/aromatic N) is 1. The Labute approximate surface area is 126 Å². The molecule has 0 unspecified atom stereocenters. The standard InChI is InChI=1S/C15H22Cl2N2/c1-11(2)19(9-12-3-4-18-8-12)10-13-5-14(16)7-15(17)6-13/h5-7,11-12,18H,3-4,8-10H2,1-2H3/t12-/m1/s1. The van der Waals surface area contributed by atoms with Gasteiger partial charge in [-0.3, -0.25) is 4.90 Å². The maximum atomic E-state index is 6.07. The molecule has 1 atom stereocenters. The molecular weight excluding hydrogens is 279 g/mol. The van der Waals surface area contributed by atoms with Crippen LogP contribution in [-0.2, 0) is 6.54 Å². The van der Waals surface area contributed by atoms with Gasteiger partial charge in [0.05, 0.1) is 0 Å². The lowest BCUT2D eigenvalue weighted by Gasteiger charge is -2.29. The molecule has 1 aromatic rings. The van der Waals surface area contributed by atoms with Gasteiger partial charge in [-0.25, -0.2) is 0 Å². The smallest absolute Gasteiger partial charge is 0.0424 e. The van der Waals surface area contributed by atoms with E-state index in [0.29, 0.717) is 16.1 Å². The lowest BCUT2D eigenvalue weighted by molar-refractivity contribution is 0.184. The molecule has 1 aliphatic heterocycles. The predicted octanol–water partition coefficient (Wildman–Crippen LogP) is 3.81. The lowest BCUT2D eigenvalue weighted by atomic mass is 10.1. The number of hydrogen-bond acceptors (Lipinski definition) is 2. The van der Waals surface area contributed by atoms with Gasteiger partial charge in [0.25, 0.3) is 0 Å². The summed E-state index contributed by atoms with van der Waals surface area (Å²) in [7, 11) is 0. The molecule has 4 heteroatoms. The minimum atomic E-state index is 0.526. The van der Waals surface area contributed by atoms with E-state index in [1.54, 1.807) is 6.07 Å².